The van der Waals surface area contributed by atoms with Gasteiger partial charge in [-0.2, -0.15) is 0 Å². The van der Waals surface area contributed by atoms with E-state index in [0.29, 0.717) is 16.9 Å². The van der Waals surface area contributed by atoms with Crippen molar-refractivity contribution in [3.8, 4) is 5.75 Å². The first-order valence-corrected chi connectivity index (χ1v) is 8.76. The minimum Gasteiger partial charge on any atom is -0.461 e. The number of hydrogen-bond donors (Lipinski definition) is 0. The van der Waals surface area contributed by atoms with Crippen LogP contribution in [0.1, 0.15) is 21.5 Å². The van der Waals surface area contributed by atoms with E-state index in [0.717, 1.165) is 5.56 Å². The lowest BCUT2D eigenvalue weighted by Crippen LogP contribution is -2.09. The second-order valence-electron chi connectivity index (χ2n) is 6.16. The lowest BCUT2D eigenvalue weighted by Gasteiger charge is -2.07. The molecule has 3 aromatic carbocycles. The first kappa shape index (κ1) is 19.8. The van der Waals surface area contributed by atoms with Crippen LogP contribution in [0.4, 0.5) is 5.69 Å². The number of para-hydroxylation sites is 1. The van der Waals surface area contributed by atoms with Crippen molar-refractivity contribution in [3.63, 3.8) is 0 Å². The number of hydrogen-bond acceptors (Lipinski definition) is 6. The van der Waals surface area contributed by atoms with E-state index in [1.807, 2.05) is 6.07 Å². The molecule has 0 saturated carbocycles. The van der Waals surface area contributed by atoms with Gasteiger partial charge in [-0.3, -0.25) is 14.9 Å². The molecule has 0 fully saturated rings. The molecule has 0 unspecified atom stereocenters. The van der Waals surface area contributed by atoms with Crippen LogP contribution in [0.25, 0.3) is 0 Å². The molecule has 0 aliphatic rings. The summed E-state index contributed by atoms with van der Waals surface area (Å²) in [5.41, 5.74) is 1.70. The standard InChI is InChI=1S/C22H17NO6/c24-21(14-16-8-12-19(13-9-16)23(26)27)28-15-17-6-10-18(11-7-17)22(25)29-20-4-2-1-3-5-20/h1-13H,14-15H2. The van der Waals surface area contributed by atoms with Crippen molar-refractivity contribution in [2.24, 2.45) is 0 Å². The molecule has 146 valence electrons. The number of non-ortho nitro benzene ring substituents is 1. The second-order valence-corrected chi connectivity index (χ2v) is 6.16. The maximum Gasteiger partial charge on any atom is 0.343 e. The van der Waals surface area contributed by atoms with Gasteiger partial charge < -0.3 is 9.47 Å². The van der Waals surface area contributed by atoms with E-state index in [1.165, 1.54) is 24.3 Å². The van der Waals surface area contributed by atoms with Crippen LogP contribution in [0.3, 0.4) is 0 Å². The van der Waals surface area contributed by atoms with Crippen LogP contribution in [-0.4, -0.2) is 16.9 Å². The van der Waals surface area contributed by atoms with E-state index in [-0.39, 0.29) is 18.7 Å². The molecule has 0 amide bonds. The molecule has 7 nitrogen and oxygen atoms in total. The molecule has 0 aliphatic carbocycles. The number of ether oxygens (including phenoxy) is 2. The Balaban J connectivity index is 1.49. The Morgan fingerprint density at radius 1 is 0.828 bits per heavy atom. The van der Waals surface area contributed by atoms with E-state index < -0.39 is 16.9 Å². The molecule has 0 bridgehead atoms. The Kier molecular flexibility index (Phi) is 6.32. The number of nitro benzene ring substituents is 1. The Bertz CT molecular complexity index is 998. The van der Waals surface area contributed by atoms with Crippen LogP contribution >= 0.6 is 0 Å². The quantitative estimate of drug-likeness (QED) is 0.260. The zero-order chi connectivity index (χ0) is 20.6. The molecule has 0 atom stereocenters. The van der Waals surface area contributed by atoms with Gasteiger partial charge >= 0.3 is 11.9 Å². The zero-order valence-corrected chi connectivity index (χ0v) is 15.3. The van der Waals surface area contributed by atoms with Gasteiger partial charge in [0, 0.05) is 12.1 Å². The van der Waals surface area contributed by atoms with Crippen LogP contribution in [0, 0.1) is 10.1 Å². The largest absolute Gasteiger partial charge is 0.461 e. The minimum absolute atomic E-state index is 0.0134. The average Bonchev–Trinajstić information content (AvgIpc) is 2.74. The highest BCUT2D eigenvalue weighted by Gasteiger charge is 2.10. The molecule has 0 spiro atoms. The molecule has 29 heavy (non-hydrogen) atoms. The van der Waals surface area contributed by atoms with E-state index in [9.17, 15) is 19.7 Å². The van der Waals surface area contributed by atoms with Gasteiger partial charge in [0.15, 0.2) is 0 Å². The SMILES string of the molecule is O=C(Cc1ccc([N+](=O)[O-])cc1)OCc1ccc(C(=O)Oc2ccccc2)cc1. The molecule has 3 aromatic rings. The summed E-state index contributed by atoms with van der Waals surface area (Å²) < 4.78 is 10.5. The highest BCUT2D eigenvalue weighted by molar-refractivity contribution is 5.91. The van der Waals surface area contributed by atoms with Gasteiger partial charge in [-0.25, -0.2) is 4.79 Å². The topological polar surface area (TPSA) is 95.7 Å². The number of carbonyl (C=O) groups excluding carboxylic acids is 2. The van der Waals surface area contributed by atoms with Crippen molar-refractivity contribution in [3.05, 3.63) is 106 Å². The third-order valence-corrected chi connectivity index (χ3v) is 4.04. The summed E-state index contributed by atoms with van der Waals surface area (Å²) >= 11 is 0. The summed E-state index contributed by atoms with van der Waals surface area (Å²) in [5, 5.41) is 10.6. The Labute approximate surface area is 166 Å². The van der Waals surface area contributed by atoms with Crippen LogP contribution in [0.5, 0.6) is 5.75 Å². The van der Waals surface area contributed by atoms with Crippen LogP contribution in [-0.2, 0) is 22.6 Å². The van der Waals surface area contributed by atoms with E-state index in [2.05, 4.69) is 0 Å². The molecule has 0 aromatic heterocycles. The summed E-state index contributed by atoms with van der Waals surface area (Å²) in [7, 11) is 0. The highest BCUT2D eigenvalue weighted by Crippen LogP contribution is 2.14. The maximum atomic E-state index is 12.1. The van der Waals surface area contributed by atoms with E-state index in [4.69, 9.17) is 9.47 Å². The van der Waals surface area contributed by atoms with Gasteiger partial charge in [0.2, 0.25) is 0 Å². The first-order valence-electron chi connectivity index (χ1n) is 8.76. The van der Waals surface area contributed by atoms with Crippen LogP contribution < -0.4 is 4.74 Å². The van der Waals surface area contributed by atoms with Gasteiger partial charge in [0.1, 0.15) is 12.4 Å². The number of rotatable bonds is 7. The summed E-state index contributed by atoms with van der Waals surface area (Å²) in [5.74, 6) is -0.467. The number of nitrogens with zero attached hydrogens (tertiary/aromatic N) is 1. The van der Waals surface area contributed by atoms with Gasteiger partial charge in [0.25, 0.3) is 5.69 Å². The number of nitro groups is 1. The smallest absolute Gasteiger partial charge is 0.343 e. The molecule has 0 radical (unpaired) electrons. The van der Waals surface area contributed by atoms with E-state index in [1.54, 1.807) is 48.5 Å². The van der Waals surface area contributed by atoms with Crippen molar-refractivity contribution < 1.29 is 24.0 Å². The Hall–Kier alpha value is -4.00. The molecule has 0 aliphatic heterocycles. The van der Waals surface area contributed by atoms with Crippen molar-refractivity contribution in [1.82, 2.24) is 0 Å². The highest BCUT2D eigenvalue weighted by atomic mass is 16.6. The Morgan fingerprint density at radius 3 is 2.07 bits per heavy atom. The third-order valence-electron chi connectivity index (χ3n) is 4.04. The number of carbonyl (C=O) groups is 2. The molecule has 0 N–H and O–H groups in total. The summed E-state index contributed by atoms with van der Waals surface area (Å²) in [4.78, 5) is 34.2. The van der Waals surface area contributed by atoms with Crippen molar-refractivity contribution >= 4 is 17.6 Å². The first-order chi connectivity index (χ1) is 14.0. The molecule has 0 saturated heterocycles. The third kappa shape index (κ3) is 5.74. The monoisotopic (exact) mass is 391 g/mol. The fourth-order valence-corrected chi connectivity index (χ4v) is 2.51. The maximum absolute atomic E-state index is 12.1. The van der Waals surface area contributed by atoms with Crippen LogP contribution in [0.2, 0.25) is 0 Å². The second kappa shape index (κ2) is 9.27. The molecule has 7 heteroatoms. The van der Waals surface area contributed by atoms with Gasteiger partial charge in [-0.05, 0) is 35.4 Å². The number of benzene rings is 3. The zero-order valence-electron chi connectivity index (χ0n) is 15.3. The van der Waals surface area contributed by atoms with Crippen molar-refractivity contribution in [2.75, 3.05) is 0 Å². The summed E-state index contributed by atoms with van der Waals surface area (Å²) in [6, 6.07) is 21.1. The predicted molar refractivity (Wildman–Crippen MR) is 104 cm³/mol. The predicted octanol–water partition coefficient (Wildman–Crippen LogP) is 4.10. The van der Waals surface area contributed by atoms with Gasteiger partial charge in [-0.1, -0.05) is 42.5 Å². The van der Waals surface area contributed by atoms with Gasteiger partial charge in [-0.15, -0.1) is 0 Å². The molecular formula is C22H17NO6. The average molecular weight is 391 g/mol. The van der Waals surface area contributed by atoms with E-state index >= 15 is 0 Å². The molecule has 3 rings (SSSR count). The van der Waals surface area contributed by atoms with Crippen molar-refractivity contribution in [1.29, 1.82) is 0 Å². The fraction of sp³-hybridized carbons (Fsp3) is 0.0909. The number of esters is 2. The normalized spacial score (nSPS) is 10.2. The lowest BCUT2D eigenvalue weighted by molar-refractivity contribution is -0.384. The molecular weight excluding hydrogens is 374 g/mol. The summed E-state index contributed by atoms with van der Waals surface area (Å²) in [6.45, 7) is 0.0554. The molecule has 0 heterocycles. The Morgan fingerprint density at radius 2 is 1.45 bits per heavy atom. The van der Waals surface area contributed by atoms with Crippen LogP contribution in [0.15, 0.2) is 78.9 Å². The summed E-state index contributed by atoms with van der Waals surface area (Å²) in [6.07, 6.45) is 0.0134. The fourth-order valence-electron chi connectivity index (χ4n) is 2.51. The minimum atomic E-state index is -0.499. The lowest BCUT2D eigenvalue weighted by atomic mass is 10.1. The van der Waals surface area contributed by atoms with Crippen molar-refractivity contribution in [2.45, 2.75) is 13.0 Å². The van der Waals surface area contributed by atoms with Gasteiger partial charge in [0.05, 0.1) is 16.9 Å².